The number of carbonyl (C=O) groups excluding carboxylic acids is 1. The number of nitrogens with zero attached hydrogens (tertiary/aromatic N) is 1. The number of benzene rings is 3. The molecule has 0 atom stereocenters. The van der Waals surface area contributed by atoms with Crippen LogP contribution in [0.1, 0.15) is 21.7 Å². The maximum Gasteiger partial charge on any atom is 0.274 e. The summed E-state index contributed by atoms with van der Waals surface area (Å²) in [7, 11) is 0. The third kappa shape index (κ3) is 2.74. The van der Waals surface area contributed by atoms with E-state index in [4.69, 9.17) is 16.0 Å². The lowest BCUT2D eigenvalue weighted by Crippen LogP contribution is -2.17. The number of hydrogen-bond acceptors (Lipinski definition) is 3. The first-order chi connectivity index (χ1) is 12.7. The third-order valence-electron chi connectivity index (χ3n) is 4.37. The van der Waals surface area contributed by atoms with E-state index in [9.17, 15) is 4.79 Å². The number of amides is 1. The summed E-state index contributed by atoms with van der Waals surface area (Å²) in [6, 6.07) is 17.4. The molecule has 0 fully saturated rings. The van der Waals surface area contributed by atoms with Gasteiger partial charge in [0.25, 0.3) is 5.91 Å². The molecule has 1 heterocycles. The lowest BCUT2D eigenvalue weighted by Gasteiger charge is -2.10. The van der Waals surface area contributed by atoms with E-state index in [-0.39, 0.29) is 5.91 Å². The summed E-state index contributed by atoms with van der Waals surface area (Å²) in [5.41, 5.74) is 3.93. The van der Waals surface area contributed by atoms with E-state index in [1.54, 1.807) is 19.2 Å². The average molecular weight is 363 g/mol. The molecule has 1 aromatic heterocycles. The molecule has 1 N–H and O–H groups in total. The molecule has 5 heteroatoms. The van der Waals surface area contributed by atoms with E-state index in [1.807, 2.05) is 48.5 Å². The van der Waals surface area contributed by atoms with Crippen LogP contribution in [0.2, 0.25) is 5.02 Å². The second-order valence-electron chi connectivity index (χ2n) is 5.91. The standard InChI is InChI=1S/C21H15ClN2O2/c1-13-14(10-11-26-13)21(25)24-23-12-19-15-6-2-4-8-17(15)20(22)18-9-5-3-7-16(18)19/h2-12H,1H3,(H,24,25)/b23-12-. The summed E-state index contributed by atoms with van der Waals surface area (Å²) in [6.45, 7) is 1.73. The Morgan fingerprint density at radius 3 is 2.12 bits per heavy atom. The fourth-order valence-corrected chi connectivity index (χ4v) is 3.41. The van der Waals surface area contributed by atoms with Crippen LogP contribution in [0.5, 0.6) is 0 Å². The molecular weight excluding hydrogens is 348 g/mol. The summed E-state index contributed by atoms with van der Waals surface area (Å²) < 4.78 is 5.15. The van der Waals surface area contributed by atoms with Crippen LogP contribution < -0.4 is 5.43 Å². The molecule has 0 spiro atoms. The number of nitrogens with one attached hydrogen (secondary N) is 1. The Labute approximate surface area is 155 Å². The minimum Gasteiger partial charge on any atom is -0.469 e. The van der Waals surface area contributed by atoms with E-state index in [0.717, 1.165) is 27.1 Å². The van der Waals surface area contributed by atoms with Gasteiger partial charge < -0.3 is 4.42 Å². The number of carbonyl (C=O) groups is 1. The first-order valence-corrected chi connectivity index (χ1v) is 8.51. The lowest BCUT2D eigenvalue weighted by atomic mass is 9.97. The maximum atomic E-state index is 12.2. The van der Waals surface area contributed by atoms with Gasteiger partial charge in [0.2, 0.25) is 0 Å². The molecule has 4 nitrogen and oxygen atoms in total. The van der Waals surface area contributed by atoms with E-state index in [1.165, 1.54) is 6.26 Å². The van der Waals surface area contributed by atoms with Crippen molar-refractivity contribution in [3.05, 3.63) is 82.8 Å². The zero-order chi connectivity index (χ0) is 18.1. The largest absolute Gasteiger partial charge is 0.469 e. The van der Waals surface area contributed by atoms with Crippen molar-refractivity contribution in [2.75, 3.05) is 0 Å². The first-order valence-electron chi connectivity index (χ1n) is 8.13. The zero-order valence-electron chi connectivity index (χ0n) is 14.0. The fraction of sp³-hybridized carbons (Fsp3) is 0.0476. The summed E-state index contributed by atoms with van der Waals surface area (Å²) in [5.74, 6) is 0.246. The summed E-state index contributed by atoms with van der Waals surface area (Å²) in [5, 5.41) is 8.73. The van der Waals surface area contributed by atoms with E-state index >= 15 is 0 Å². The van der Waals surface area contributed by atoms with Crippen LogP contribution in [-0.2, 0) is 0 Å². The molecule has 0 bridgehead atoms. The number of fused-ring (bicyclic) bond motifs is 2. The van der Waals surface area contributed by atoms with Gasteiger partial charge in [0.15, 0.2) is 0 Å². The second-order valence-corrected chi connectivity index (χ2v) is 6.29. The Balaban J connectivity index is 1.79. The smallest absolute Gasteiger partial charge is 0.274 e. The van der Waals surface area contributed by atoms with Crippen LogP contribution in [0.4, 0.5) is 0 Å². The Hall–Kier alpha value is -3.11. The van der Waals surface area contributed by atoms with Crippen LogP contribution in [-0.4, -0.2) is 12.1 Å². The Bertz CT molecular complexity index is 1100. The molecule has 0 saturated heterocycles. The van der Waals surface area contributed by atoms with Gasteiger partial charge in [-0.1, -0.05) is 60.1 Å². The molecule has 0 unspecified atom stereocenters. The molecule has 0 radical (unpaired) electrons. The minimum atomic E-state index is -0.310. The van der Waals surface area contributed by atoms with Crippen LogP contribution in [0.25, 0.3) is 21.5 Å². The van der Waals surface area contributed by atoms with Gasteiger partial charge in [0.05, 0.1) is 23.1 Å². The van der Waals surface area contributed by atoms with Gasteiger partial charge in [0, 0.05) is 16.3 Å². The van der Waals surface area contributed by atoms with Gasteiger partial charge in [-0.15, -0.1) is 0 Å². The number of furan rings is 1. The summed E-state index contributed by atoms with van der Waals surface area (Å²) in [6.07, 6.45) is 3.14. The van der Waals surface area contributed by atoms with Crippen molar-refractivity contribution >= 4 is 45.3 Å². The van der Waals surface area contributed by atoms with Gasteiger partial charge in [-0.25, -0.2) is 5.43 Å². The molecule has 128 valence electrons. The van der Waals surface area contributed by atoms with Crippen LogP contribution in [0, 0.1) is 6.92 Å². The highest BCUT2D eigenvalue weighted by Crippen LogP contribution is 2.35. The molecule has 0 aliphatic rings. The number of rotatable bonds is 3. The Kier molecular flexibility index (Phi) is 4.19. The second kappa shape index (κ2) is 6.65. The maximum absolute atomic E-state index is 12.2. The van der Waals surface area contributed by atoms with Crippen molar-refractivity contribution in [3.8, 4) is 0 Å². The highest BCUT2D eigenvalue weighted by molar-refractivity contribution is 6.42. The van der Waals surface area contributed by atoms with Gasteiger partial charge >= 0.3 is 0 Å². The van der Waals surface area contributed by atoms with Gasteiger partial charge in [-0.2, -0.15) is 5.10 Å². The number of hydrogen-bond donors (Lipinski definition) is 1. The molecule has 26 heavy (non-hydrogen) atoms. The third-order valence-corrected chi connectivity index (χ3v) is 4.78. The van der Waals surface area contributed by atoms with Crippen molar-refractivity contribution in [2.45, 2.75) is 6.92 Å². The highest BCUT2D eigenvalue weighted by Gasteiger charge is 2.12. The predicted octanol–water partition coefficient (Wildman–Crippen LogP) is 5.31. The fourth-order valence-electron chi connectivity index (χ4n) is 3.08. The Morgan fingerprint density at radius 2 is 1.58 bits per heavy atom. The van der Waals surface area contributed by atoms with Crippen molar-refractivity contribution in [1.82, 2.24) is 5.43 Å². The molecule has 4 aromatic rings. The molecule has 0 aliphatic heterocycles. The molecule has 0 saturated carbocycles. The van der Waals surface area contributed by atoms with E-state index in [0.29, 0.717) is 16.3 Å². The van der Waals surface area contributed by atoms with Crippen LogP contribution >= 0.6 is 11.6 Å². The number of halogens is 1. The molecule has 0 aliphatic carbocycles. The van der Waals surface area contributed by atoms with Crippen LogP contribution in [0.15, 0.2) is 70.4 Å². The monoisotopic (exact) mass is 362 g/mol. The Morgan fingerprint density at radius 1 is 1.00 bits per heavy atom. The first kappa shape index (κ1) is 16.4. The topological polar surface area (TPSA) is 54.6 Å². The number of aryl methyl sites for hydroxylation is 1. The lowest BCUT2D eigenvalue weighted by molar-refractivity contribution is 0.0953. The van der Waals surface area contributed by atoms with Gasteiger partial charge in [0.1, 0.15) is 5.76 Å². The van der Waals surface area contributed by atoms with Crippen molar-refractivity contribution < 1.29 is 9.21 Å². The molecule has 4 rings (SSSR count). The molecule has 1 amide bonds. The molecular formula is C21H15ClN2O2. The predicted molar refractivity (Wildman–Crippen MR) is 105 cm³/mol. The molecule has 3 aromatic carbocycles. The average Bonchev–Trinajstić information content (AvgIpc) is 3.10. The zero-order valence-corrected chi connectivity index (χ0v) is 14.7. The van der Waals surface area contributed by atoms with Crippen molar-refractivity contribution in [2.24, 2.45) is 5.10 Å². The van der Waals surface area contributed by atoms with E-state index in [2.05, 4.69) is 10.5 Å². The van der Waals surface area contributed by atoms with Gasteiger partial charge in [-0.3, -0.25) is 4.79 Å². The van der Waals surface area contributed by atoms with Crippen molar-refractivity contribution in [3.63, 3.8) is 0 Å². The highest BCUT2D eigenvalue weighted by atomic mass is 35.5. The minimum absolute atomic E-state index is 0.310. The number of hydrazone groups is 1. The SMILES string of the molecule is Cc1occc1C(=O)N/N=C\c1c2ccccc2c(Cl)c2ccccc12. The van der Waals surface area contributed by atoms with E-state index < -0.39 is 0 Å². The van der Waals surface area contributed by atoms with Gasteiger partial charge in [-0.05, 0) is 23.8 Å². The van der Waals surface area contributed by atoms with Crippen molar-refractivity contribution in [1.29, 1.82) is 0 Å². The van der Waals surface area contributed by atoms with Crippen LogP contribution in [0.3, 0.4) is 0 Å². The summed E-state index contributed by atoms with van der Waals surface area (Å²) >= 11 is 6.59. The summed E-state index contributed by atoms with van der Waals surface area (Å²) in [4.78, 5) is 12.2. The quantitative estimate of drug-likeness (QED) is 0.305. The normalized spacial score (nSPS) is 11.5.